The van der Waals surface area contributed by atoms with Gasteiger partial charge in [-0.15, -0.1) is 0 Å². The highest BCUT2D eigenvalue weighted by Crippen LogP contribution is 2.55. The van der Waals surface area contributed by atoms with Gasteiger partial charge >= 0.3 is 0 Å². The Morgan fingerprint density at radius 2 is 1.13 bits per heavy atom. The van der Waals surface area contributed by atoms with Crippen LogP contribution >= 0.6 is 0 Å². The van der Waals surface area contributed by atoms with E-state index in [0.717, 1.165) is 11.1 Å². The highest BCUT2D eigenvalue weighted by Gasteiger charge is 2.66. The van der Waals surface area contributed by atoms with Crippen molar-refractivity contribution in [2.45, 2.75) is 44.4 Å². The van der Waals surface area contributed by atoms with E-state index in [4.69, 9.17) is 0 Å². The minimum Gasteiger partial charge on any atom is -0.311 e. The summed E-state index contributed by atoms with van der Waals surface area (Å²) < 4.78 is 0. The predicted molar refractivity (Wildman–Crippen MR) is 93.2 cm³/mol. The highest BCUT2D eigenvalue weighted by molar-refractivity contribution is 5.45. The Labute approximate surface area is 139 Å². The fourth-order valence-corrected chi connectivity index (χ4v) is 4.21. The van der Waals surface area contributed by atoms with Gasteiger partial charge in [0.15, 0.2) is 0 Å². The minimum absolute atomic E-state index is 0.312. The van der Waals surface area contributed by atoms with Crippen LogP contribution in [0.15, 0.2) is 60.7 Å². The first-order valence-corrected chi connectivity index (χ1v) is 8.11. The van der Waals surface area contributed by atoms with Gasteiger partial charge in [-0.3, -0.25) is 4.90 Å². The molecule has 0 radical (unpaired) electrons. The van der Waals surface area contributed by atoms with Crippen molar-refractivity contribution in [2.75, 3.05) is 7.05 Å². The van der Waals surface area contributed by atoms with E-state index in [0.29, 0.717) is 0 Å². The first-order valence-electron chi connectivity index (χ1n) is 8.11. The lowest BCUT2D eigenvalue weighted by Gasteiger charge is -2.46. The molecule has 0 saturated carbocycles. The summed E-state index contributed by atoms with van der Waals surface area (Å²) in [7, 11) is 2.08. The van der Waals surface area contributed by atoms with Crippen molar-refractivity contribution in [1.82, 2.24) is 9.96 Å². The van der Waals surface area contributed by atoms with Crippen LogP contribution in [0, 0.1) is 0 Å². The lowest BCUT2D eigenvalue weighted by atomic mass is 9.70. The molecule has 3 heteroatoms. The molecule has 0 spiro atoms. The summed E-state index contributed by atoms with van der Waals surface area (Å²) >= 11 is 0. The van der Waals surface area contributed by atoms with Crippen LogP contribution in [0.1, 0.15) is 38.8 Å². The van der Waals surface area contributed by atoms with Crippen LogP contribution in [0.3, 0.4) is 0 Å². The summed E-state index contributed by atoms with van der Waals surface area (Å²) in [5, 5.41) is 12.9. The van der Waals surface area contributed by atoms with Gasteiger partial charge in [0.2, 0.25) is 0 Å². The maximum atomic E-state index is 11.4. The lowest BCUT2D eigenvalue weighted by molar-refractivity contribution is -0.210. The smallest absolute Gasteiger partial charge is 0.116 e. The van der Waals surface area contributed by atoms with Crippen LogP contribution < -0.4 is 0 Å². The quantitative estimate of drug-likeness (QED) is 0.905. The summed E-state index contributed by atoms with van der Waals surface area (Å²) in [6.07, 6.45) is 0. The zero-order valence-electron chi connectivity index (χ0n) is 14.6. The number of nitrogens with zero attached hydrogens (tertiary/aromatic N) is 2. The largest absolute Gasteiger partial charge is 0.311 e. The normalized spacial score (nSPS) is 23.0. The molecule has 2 aromatic rings. The van der Waals surface area contributed by atoms with Crippen LogP contribution in [0.5, 0.6) is 0 Å². The fourth-order valence-electron chi connectivity index (χ4n) is 4.21. The Hall–Kier alpha value is -1.68. The number of rotatable bonds is 2. The summed E-state index contributed by atoms with van der Waals surface area (Å²) in [6.45, 7) is 8.51. The molecule has 1 saturated heterocycles. The second kappa shape index (κ2) is 5.17. The van der Waals surface area contributed by atoms with Gasteiger partial charge in [-0.2, -0.15) is 5.06 Å². The van der Waals surface area contributed by atoms with Crippen molar-refractivity contribution in [3.8, 4) is 0 Å². The monoisotopic (exact) mass is 310 g/mol. The summed E-state index contributed by atoms with van der Waals surface area (Å²) in [5.74, 6) is 0. The average molecular weight is 310 g/mol. The average Bonchev–Trinajstić information content (AvgIpc) is 2.66. The Bertz CT molecular complexity index is 640. The van der Waals surface area contributed by atoms with Crippen molar-refractivity contribution in [3.63, 3.8) is 0 Å². The molecular weight excluding hydrogens is 284 g/mol. The van der Waals surface area contributed by atoms with E-state index < -0.39 is 11.2 Å². The number of hydrogen-bond acceptors (Lipinski definition) is 3. The van der Waals surface area contributed by atoms with Gasteiger partial charge in [0.25, 0.3) is 0 Å². The lowest BCUT2D eigenvalue weighted by Crippen LogP contribution is -2.55. The first kappa shape index (κ1) is 16.2. The van der Waals surface area contributed by atoms with Gasteiger partial charge in [-0.05, 0) is 45.9 Å². The van der Waals surface area contributed by atoms with E-state index in [-0.39, 0.29) is 5.54 Å². The molecule has 2 aromatic carbocycles. The van der Waals surface area contributed by atoms with E-state index in [9.17, 15) is 5.21 Å². The van der Waals surface area contributed by atoms with E-state index in [1.54, 1.807) is 0 Å². The first-order chi connectivity index (χ1) is 10.8. The zero-order chi connectivity index (χ0) is 16.9. The fraction of sp³-hybridized carbons (Fsp3) is 0.400. The Kier molecular flexibility index (Phi) is 3.64. The third-order valence-corrected chi connectivity index (χ3v) is 5.76. The summed E-state index contributed by atoms with van der Waals surface area (Å²) in [6, 6.07) is 20.6. The third kappa shape index (κ3) is 1.94. The summed E-state index contributed by atoms with van der Waals surface area (Å²) in [4.78, 5) is 2.25. The molecular formula is C20H26N2O. The Morgan fingerprint density at radius 3 is 1.43 bits per heavy atom. The molecule has 0 atom stereocenters. The van der Waals surface area contributed by atoms with Gasteiger partial charge in [-0.25, -0.2) is 0 Å². The molecule has 0 aromatic heterocycles. The zero-order valence-corrected chi connectivity index (χ0v) is 14.6. The van der Waals surface area contributed by atoms with Crippen LogP contribution in [-0.4, -0.2) is 33.4 Å². The van der Waals surface area contributed by atoms with E-state index >= 15 is 0 Å². The minimum atomic E-state index is -0.645. The number of hydroxylamine groups is 2. The van der Waals surface area contributed by atoms with Crippen LogP contribution in [0.2, 0.25) is 0 Å². The molecule has 0 bridgehead atoms. The molecule has 0 amide bonds. The molecule has 0 aliphatic carbocycles. The summed E-state index contributed by atoms with van der Waals surface area (Å²) in [5.41, 5.74) is 0.740. The topological polar surface area (TPSA) is 26.7 Å². The molecule has 1 aliphatic rings. The van der Waals surface area contributed by atoms with E-state index in [1.807, 2.05) is 36.4 Å². The van der Waals surface area contributed by atoms with E-state index in [2.05, 4.69) is 63.9 Å². The maximum absolute atomic E-state index is 11.4. The molecule has 1 aliphatic heterocycles. The molecule has 1 heterocycles. The van der Waals surface area contributed by atoms with Gasteiger partial charge in [0.1, 0.15) is 5.54 Å². The number of likely N-dealkylation sites (N-methyl/N-ethyl adjacent to an activating group) is 1. The second-order valence-electron chi connectivity index (χ2n) is 7.37. The van der Waals surface area contributed by atoms with Crippen molar-refractivity contribution >= 4 is 0 Å². The van der Waals surface area contributed by atoms with Gasteiger partial charge in [-0.1, -0.05) is 60.7 Å². The number of benzene rings is 2. The molecule has 3 rings (SSSR count). The van der Waals surface area contributed by atoms with Crippen LogP contribution in [-0.2, 0) is 5.54 Å². The van der Waals surface area contributed by atoms with Crippen LogP contribution in [0.4, 0.5) is 0 Å². The van der Waals surface area contributed by atoms with Crippen molar-refractivity contribution in [3.05, 3.63) is 71.8 Å². The van der Waals surface area contributed by atoms with Crippen molar-refractivity contribution in [1.29, 1.82) is 0 Å². The maximum Gasteiger partial charge on any atom is 0.116 e. The molecule has 23 heavy (non-hydrogen) atoms. The Morgan fingerprint density at radius 1 is 0.739 bits per heavy atom. The number of hydrogen-bond donors (Lipinski definition) is 1. The molecule has 0 unspecified atom stereocenters. The third-order valence-electron chi connectivity index (χ3n) is 5.76. The van der Waals surface area contributed by atoms with Gasteiger partial charge in [0, 0.05) is 5.54 Å². The molecule has 122 valence electrons. The van der Waals surface area contributed by atoms with Gasteiger partial charge in [0.05, 0.1) is 5.66 Å². The Balaban J connectivity index is 2.38. The van der Waals surface area contributed by atoms with Crippen molar-refractivity contribution in [2.24, 2.45) is 0 Å². The van der Waals surface area contributed by atoms with Crippen molar-refractivity contribution < 1.29 is 5.21 Å². The standard InChI is InChI=1S/C20H26N2O/c1-18(2)20(16-12-8-6-9-13-16,17-14-10-7-11-15-17)22(23)19(3,4)21(18)5/h6-15,23H,1-5H3. The predicted octanol–water partition coefficient (Wildman–Crippen LogP) is 4.08. The molecule has 1 N–H and O–H groups in total. The van der Waals surface area contributed by atoms with Gasteiger partial charge < -0.3 is 5.21 Å². The molecule has 3 nitrogen and oxygen atoms in total. The molecule has 1 fully saturated rings. The highest BCUT2D eigenvalue weighted by atomic mass is 16.5. The SMILES string of the molecule is CN1C(C)(C)N(O)C(c2ccccc2)(c2ccccc2)C1(C)C. The van der Waals surface area contributed by atoms with E-state index in [1.165, 1.54) is 5.06 Å². The van der Waals surface area contributed by atoms with Crippen LogP contribution in [0.25, 0.3) is 0 Å². The second-order valence-corrected chi connectivity index (χ2v) is 7.37.